The van der Waals surface area contributed by atoms with Crippen LogP contribution in [0.5, 0.6) is 0 Å². The second-order valence-electron chi connectivity index (χ2n) is 3.85. The number of methoxy groups -OCH3 is 1. The highest BCUT2D eigenvalue weighted by atomic mass is 32.1. The maximum absolute atomic E-state index is 5.20. The van der Waals surface area contributed by atoms with E-state index < -0.39 is 0 Å². The lowest BCUT2D eigenvalue weighted by Gasteiger charge is -2.06. The van der Waals surface area contributed by atoms with Crippen molar-refractivity contribution in [3.63, 3.8) is 0 Å². The van der Waals surface area contributed by atoms with Crippen LogP contribution in [0.15, 0.2) is 0 Å². The van der Waals surface area contributed by atoms with Gasteiger partial charge in [0.05, 0.1) is 6.10 Å². The number of nitrogens with zero attached hydrogens (tertiary/aromatic N) is 2. The highest BCUT2D eigenvalue weighted by Crippen LogP contribution is 2.13. The van der Waals surface area contributed by atoms with Gasteiger partial charge in [-0.25, -0.2) is 0 Å². The topological polar surface area (TPSA) is 47.0 Å². The van der Waals surface area contributed by atoms with E-state index in [2.05, 4.69) is 29.4 Å². The van der Waals surface area contributed by atoms with E-state index in [9.17, 15) is 0 Å². The van der Waals surface area contributed by atoms with Crippen LogP contribution >= 0.6 is 11.3 Å². The summed E-state index contributed by atoms with van der Waals surface area (Å²) in [5.41, 5.74) is 0. The minimum Gasteiger partial charge on any atom is -0.382 e. The van der Waals surface area contributed by atoms with E-state index in [0.717, 1.165) is 42.4 Å². The Balaban J connectivity index is 2.28. The van der Waals surface area contributed by atoms with E-state index in [1.54, 1.807) is 18.4 Å². The number of hydrogen-bond donors (Lipinski definition) is 1. The van der Waals surface area contributed by atoms with Gasteiger partial charge in [-0.1, -0.05) is 6.92 Å². The van der Waals surface area contributed by atoms with Gasteiger partial charge in [0, 0.05) is 20.1 Å². The molecule has 1 N–H and O–H groups in total. The Bertz CT molecular complexity index is 291. The number of nitrogens with one attached hydrogen (secondary N) is 1. The van der Waals surface area contributed by atoms with Crippen molar-refractivity contribution in [1.82, 2.24) is 15.5 Å². The van der Waals surface area contributed by atoms with Crippen molar-refractivity contribution >= 4 is 11.3 Å². The van der Waals surface area contributed by atoms with Crippen molar-refractivity contribution in [2.24, 2.45) is 0 Å². The number of hydrogen-bond acceptors (Lipinski definition) is 5. The average molecular weight is 243 g/mol. The smallest absolute Gasteiger partial charge is 0.131 e. The van der Waals surface area contributed by atoms with Crippen LogP contribution in [-0.4, -0.2) is 30.0 Å². The summed E-state index contributed by atoms with van der Waals surface area (Å²) >= 11 is 1.70. The zero-order chi connectivity index (χ0) is 11.8. The molecular formula is C11H21N3OS. The fourth-order valence-corrected chi connectivity index (χ4v) is 2.11. The number of ether oxygens (including phenoxy) is 1. The second kappa shape index (κ2) is 7.70. The number of rotatable bonds is 8. The van der Waals surface area contributed by atoms with Gasteiger partial charge in [-0.15, -0.1) is 21.5 Å². The van der Waals surface area contributed by atoms with E-state index in [1.807, 2.05) is 0 Å². The summed E-state index contributed by atoms with van der Waals surface area (Å²) in [4.78, 5) is 0. The molecule has 1 rings (SSSR count). The molecule has 0 saturated heterocycles. The first kappa shape index (κ1) is 13.5. The van der Waals surface area contributed by atoms with Crippen LogP contribution in [0.25, 0.3) is 0 Å². The molecule has 1 heterocycles. The first-order chi connectivity index (χ1) is 7.76. The molecule has 0 saturated carbocycles. The molecule has 1 aromatic heterocycles. The minimum atomic E-state index is 0.297. The highest BCUT2D eigenvalue weighted by Gasteiger charge is 2.06. The molecule has 1 atom stereocenters. The van der Waals surface area contributed by atoms with Gasteiger partial charge in [-0.05, 0) is 26.3 Å². The van der Waals surface area contributed by atoms with Crippen LogP contribution in [0.1, 0.15) is 36.7 Å². The van der Waals surface area contributed by atoms with Crippen molar-refractivity contribution in [2.45, 2.75) is 45.8 Å². The van der Waals surface area contributed by atoms with Crippen molar-refractivity contribution in [3.8, 4) is 0 Å². The second-order valence-corrected chi connectivity index (χ2v) is 5.00. The standard InChI is InChI=1S/C11H21N3OS/c1-4-7-12-8-11-14-13-10(16-11)6-5-9(2)15-3/h9,12H,4-8H2,1-3H3. The Hall–Kier alpha value is -0.520. The lowest BCUT2D eigenvalue weighted by Crippen LogP contribution is -2.13. The van der Waals surface area contributed by atoms with Crippen molar-refractivity contribution in [3.05, 3.63) is 10.0 Å². The molecule has 92 valence electrons. The highest BCUT2D eigenvalue weighted by molar-refractivity contribution is 7.11. The summed E-state index contributed by atoms with van der Waals surface area (Å²) in [5.74, 6) is 0. The molecule has 0 radical (unpaired) electrons. The Morgan fingerprint density at radius 2 is 2.12 bits per heavy atom. The third-order valence-electron chi connectivity index (χ3n) is 2.38. The molecule has 0 aliphatic rings. The minimum absolute atomic E-state index is 0.297. The zero-order valence-electron chi connectivity index (χ0n) is 10.3. The molecule has 0 amide bonds. The van der Waals surface area contributed by atoms with Gasteiger partial charge in [0.2, 0.25) is 0 Å². The number of aryl methyl sites for hydroxylation is 1. The van der Waals surface area contributed by atoms with Crippen molar-refractivity contribution in [1.29, 1.82) is 0 Å². The molecule has 5 heteroatoms. The van der Waals surface area contributed by atoms with Crippen LogP contribution in [0.2, 0.25) is 0 Å². The Kier molecular flexibility index (Phi) is 6.52. The normalized spacial score (nSPS) is 12.9. The summed E-state index contributed by atoms with van der Waals surface area (Å²) in [6, 6.07) is 0. The molecule has 16 heavy (non-hydrogen) atoms. The predicted octanol–water partition coefficient (Wildman–Crippen LogP) is 2.01. The Labute approximate surface area is 101 Å². The van der Waals surface area contributed by atoms with Gasteiger partial charge in [0.25, 0.3) is 0 Å². The summed E-state index contributed by atoms with van der Waals surface area (Å²) < 4.78 is 5.20. The quantitative estimate of drug-likeness (QED) is 0.709. The predicted molar refractivity (Wildman–Crippen MR) is 66.7 cm³/mol. The van der Waals surface area contributed by atoms with Crippen LogP contribution in [0.4, 0.5) is 0 Å². The molecule has 0 aliphatic carbocycles. The van der Waals surface area contributed by atoms with E-state index in [0.29, 0.717) is 6.10 Å². The average Bonchev–Trinajstić information content (AvgIpc) is 2.74. The van der Waals surface area contributed by atoms with Gasteiger partial charge in [-0.2, -0.15) is 0 Å². The lowest BCUT2D eigenvalue weighted by molar-refractivity contribution is 0.111. The van der Waals surface area contributed by atoms with Gasteiger partial charge < -0.3 is 10.1 Å². The third-order valence-corrected chi connectivity index (χ3v) is 3.36. The zero-order valence-corrected chi connectivity index (χ0v) is 11.1. The van der Waals surface area contributed by atoms with Crippen molar-refractivity contribution < 1.29 is 4.74 Å². The van der Waals surface area contributed by atoms with E-state index in [1.165, 1.54) is 0 Å². The van der Waals surface area contributed by atoms with Crippen LogP contribution < -0.4 is 5.32 Å². The fourth-order valence-electron chi connectivity index (χ4n) is 1.28. The van der Waals surface area contributed by atoms with E-state index in [4.69, 9.17) is 4.74 Å². The van der Waals surface area contributed by atoms with Gasteiger partial charge in [0.15, 0.2) is 0 Å². The molecule has 0 spiro atoms. The molecule has 4 nitrogen and oxygen atoms in total. The lowest BCUT2D eigenvalue weighted by atomic mass is 10.2. The molecule has 1 unspecified atom stereocenters. The maximum atomic E-state index is 5.20. The van der Waals surface area contributed by atoms with Crippen LogP contribution in [0, 0.1) is 0 Å². The largest absolute Gasteiger partial charge is 0.382 e. The summed E-state index contributed by atoms with van der Waals surface area (Å²) in [6.45, 7) is 6.11. The Morgan fingerprint density at radius 3 is 2.81 bits per heavy atom. The first-order valence-corrected chi connectivity index (χ1v) is 6.62. The first-order valence-electron chi connectivity index (χ1n) is 5.81. The van der Waals surface area contributed by atoms with Crippen LogP contribution in [0.3, 0.4) is 0 Å². The maximum Gasteiger partial charge on any atom is 0.131 e. The summed E-state index contributed by atoms with van der Waals surface area (Å²) in [7, 11) is 1.74. The summed E-state index contributed by atoms with van der Waals surface area (Å²) in [5, 5.41) is 13.8. The summed E-state index contributed by atoms with van der Waals surface area (Å²) in [6.07, 6.45) is 3.41. The SMILES string of the molecule is CCCNCc1nnc(CCC(C)OC)s1. The monoisotopic (exact) mass is 243 g/mol. The van der Waals surface area contributed by atoms with Gasteiger partial charge in [-0.3, -0.25) is 0 Å². The molecular weight excluding hydrogens is 222 g/mol. The third kappa shape index (κ3) is 5.01. The van der Waals surface area contributed by atoms with Gasteiger partial charge in [0.1, 0.15) is 10.0 Å². The van der Waals surface area contributed by atoms with E-state index >= 15 is 0 Å². The van der Waals surface area contributed by atoms with Gasteiger partial charge >= 0.3 is 0 Å². The Morgan fingerprint density at radius 1 is 1.38 bits per heavy atom. The molecule has 0 fully saturated rings. The number of aromatic nitrogens is 2. The molecule has 0 aliphatic heterocycles. The fraction of sp³-hybridized carbons (Fsp3) is 0.818. The van der Waals surface area contributed by atoms with Crippen LogP contribution in [-0.2, 0) is 17.7 Å². The van der Waals surface area contributed by atoms with E-state index in [-0.39, 0.29) is 0 Å². The molecule has 0 bridgehead atoms. The molecule has 1 aromatic rings. The molecule has 0 aromatic carbocycles. The van der Waals surface area contributed by atoms with Crippen molar-refractivity contribution in [2.75, 3.05) is 13.7 Å².